The van der Waals surface area contributed by atoms with E-state index in [9.17, 15) is 5.11 Å². The van der Waals surface area contributed by atoms with Gasteiger partial charge >= 0.3 is 0 Å². The van der Waals surface area contributed by atoms with Crippen LogP contribution in [0.5, 0.6) is 5.75 Å². The molecule has 0 aliphatic rings. The Morgan fingerprint density at radius 3 is 2.50 bits per heavy atom. The van der Waals surface area contributed by atoms with Gasteiger partial charge in [0.15, 0.2) is 0 Å². The number of methoxy groups -OCH3 is 1. The lowest BCUT2D eigenvalue weighted by molar-refractivity contribution is 0.0518. The fraction of sp³-hybridized carbons (Fsp3) is 0.333. The molecule has 2 rings (SSSR count). The third-order valence-corrected chi connectivity index (χ3v) is 4.23. The number of benzene rings is 1. The lowest BCUT2D eigenvalue weighted by atomic mass is 9.95. The lowest BCUT2D eigenvalue weighted by Gasteiger charge is -2.21. The van der Waals surface area contributed by atoms with Crippen LogP contribution in [0.1, 0.15) is 23.8 Å². The monoisotopic (exact) mass is 262 g/mol. The van der Waals surface area contributed by atoms with Gasteiger partial charge in [-0.3, -0.25) is 0 Å². The van der Waals surface area contributed by atoms with Gasteiger partial charge in [0.25, 0.3) is 0 Å². The van der Waals surface area contributed by atoms with Crippen molar-refractivity contribution in [3.8, 4) is 5.75 Å². The Kier molecular flexibility index (Phi) is 4.04. The van der Waals surface area contributed by atoms with E-state index in [2.05, 4.69) is 0 Å². The van der Waals surface area contributed by atoms with E-state index in [1.54, 1.807) is 18.4 Å². The molecule has 2 nitrogen and oxygen atoms in total. The van der Waals surface area contributed by atoms with Crippen LogP contribution in [0.25, 0.3) is 0 Å². The van der Waals surface area contributed by atoms with Crippen molar-refractivity contribution >= 4 is 11.3 Å². The molecule has 3 heteroatoms. The van der Waals surface area contributed by atoms with Crippen molar-refractivity contribution in [1.29, 1.82) is 0 Å². The quantitative estimate of drug-likeness (QED) is 0.892. The summed E-state index contributed by atoms with van der Waals surface area (Å²) in [6.45, 7) is 1.88. The Labute approximate surface area is 112 Å². The Balaban J connectivity index is 1.98. The Hall–Kier alpha value is -1.32. The summed E-state index contributed by atoms with van der Waals surface area (Å²) in [5, 5.41) is 12.4. The second-order valence-corrected chi connectivity index (χ2v) is 5.55. The van der Waals surface area contributed by atoms with Gasteiger partial charge in [0, 0.05) is 4.88 Å². The average molecular weight is 262 g/mol. The molecule has 1 aromatic carbocycles. The number of hydrogen-bond donors (Lipinski definition) is 1. The molecular weight excluding hydrogens is 244 g/mol. The molecular formula is C15H18O2S. The predicted octanol–water partition coefficient (Wildman–Crippen LogP) is 3.60. The molecule has 2 aromatic rings. The Morgan fingerprint density at radius 1 is 1.22 bits per heavy atom. The van der Waals surface area contributed by atoms with Crippen LogP contribution in [0.15, 0.2) is 41.8 Å². The molecule has 1 N–H and O–H groups in total. The van der Waals surface area contributed by atoms with Crippen molar-refractivity contribution in [2.24, 2.45) is 0 Å². The molecule has 0 bridgehead atoms. The summed E-state index contributed by atoms with van der Waals surface area (Å²) >= 11 is 1.60. The molecule has 96 valence electrons. The second-order valence-electron chi connectivity index (χ2n) is 4.60. The van der Waals surface area contributed by atoms with Gasteiger partial charge in [0.2, 0.25) is 0 Å². The van der Waals surface area contributed by atoms with E-state index in [1.807, 2.05) is 48.7 Å². The summed E-state index contributed by atoms with van der Waals surface area (Å²) < 4.78 is 5.13. The van der Waals surface area contributed by atoms with Crippen LogP contribution in [0, 0.1) is 0 Å². The van der Waals surface area contributed by atoms with Crippen LogP contribution in [-0.4, -0.2) is 12.2 Å². The normalized spacial score (nSPS) is 14.2. The van der Waals surface area contributed by atoms with Crippen LogP contribution in [0.3, 0.4) is 0 Å². The average Bonchev–Trinajstić information content (AvgIpc) is 2.92. The van der Waals surface area contributed by atoms with Gasteiger partial charge in [0.05, 0.1) is 12.7 Å². The van der Waals surface area contributed by atoms with E-state index >= 15 is 0 Å². The highest BCUT2D eigenvalue weighted by Gasteiger charge is 2.23. The minimum atomic E-state index is -0.742. The van der Waals surface area contributed by atoms with Crippen LogP contribution in [-0.2, 0) is 12.0 Å². The first-order valence-corrected chi connectivity index (χ1v) is 6.89. The summed E-state index contributed by atoms with van der Waals surface area (Å²) in [5.74, 6) is 0.865. The van der Waals surface area contributed by atoms with Gasteiger partial charge < -0.3 is 9.84 Å². The maximum atomic E-state index is 10.4. The lowest BCUT2D eigenvalue weighted by Crippen LogP contribution is -2.20. The molecule has 1 atom stereocenters. The number of thiophene rings is 1. The number of hydrogen-bond acceptors (Lipinski definition) is 3. The fourth-order valence-electron chi connectivity index (χ4n) is 1.89. The highest BCUT2D eigenvalue weighted by atomic mass is 32.1. The molecule has 0 saturated heterocycles. The van der Waals surface area contributed by atoms with Crippen molar-refractivity contribution in [2.75, 3.05) is 7.11 Å². The molecule has 0 spiro atoms. The molecule has 0 aliphatic heterocycles. The predicted molar refractivity (Wildman–Crippen MR) is 75.2 cm³/mol. The largest absolute Gasteiger partial charge is 0.497 e. The maximum Gasteiger partial charge on any atom is 0.118 e. The van der Waals surface area contributed by atoms with Crippen LogP contribution in [0.4, 0.5) is 0 Å². The fourth-order valence-corrected chi connectivity index (χ4v) is 2.70. The van der Waals surface area contributed by atoms with Gasteiger partial charge in [-0.25, -0.2) is 0 Å². The first-order valence-electron chi connectivity index (χ1n) is 6.01. The van der Waals surface area contributed by atoms with Gasteiger partial charge in [0.1, 0.15) is 5.75 Å². The van der Waals surface area contributed by atoms with Crippen molar-refractivity contribution in [1.82, 2.24) is 0 Å². The Morgan fingerprint density at radius 2 is 1.94 bits per heavy atom. The topological polar surface area (TPSA) is 29.5 Å². The van der Waals surface area contributed by atoms with E-state index in [-0.39, 0.29) is 0 Å². The summed E-state index contributed by atoms with van der Waals surface area (Å²) in [6, 6.07) is 12.0. The molecule has 0 radical (unpaired) electrons. The molecule has 0 aliphatic carbocycles. The van der Waals surface area contributed by atoms with Crippen molar-refractivity contribution < 1.29 is 9.84 Å². The first-order chi connectivity index (χ1) is 8.62. The molecule has 1 heterocycles. The third-order valence-electron chi connectivity index (χ3n) is 3.11. The van der Waals surface area contributed by atoms with Crippen molar-refractivity contribution in [2.45, 2.75) is 25.4 Å². The van der Waals surface area contributed by atoms with E-state index < -0.39 is 5.60 Å². The molecule has 0 saturated carbocycles. The number of aryl methyl sites for hydroxylation is 1. The third kappa shape index (κ3) is 3.12. The van der Waals surface area contributed by atoms with Crippen molar-refractivity contribution in [3.63, 3.8) is 0 Å². The van der Waals surface area contributed by atoms with Gasteiger partial charge in [-0.15, -0.1) is 11.3 Å². The van der Waals surface area contributed by atoms with Gasteiger partial charge in [-0.05, 0) is 48.9 Å². The minimum Gasteiger partial charge on any atom is -0.497 e. The van der Waals surface area contributed by atoms with Gasteiger partial charge in [-0.1, -0.05) is 18.2 Å². The summed E-state index contributed by atoms with van der Waals surface area (Å²) in [4.78, 5) is 1.02. The SMILES string of the molecule is COc1ccc(CCC(C)(O)c2cccs2)cc1. The van der Waals surface area contributed by atoms with E-state index in [1.165, 1.54) is 5.56 Å². The minimum absolute atomic E-state index is 0.722. The summed E-state index contributed by atoms with van der Waals surface area (Å²) in [6.07, 6.45) is 1.58. The van der Waals surface area contributed by atoms with E-state index in [4.69, 9.17) is 4.74 Å². The summed E-state index contributed by atoms with van der Waals surface area (Å²) in [5.41, 5.74) is 0.473. The molecule has 18 heavy (non-hydrogen) atoms. The van der Waals surface area contributed by atoms with E-state index in [0.29, 0.717) is 0 Å². The van der Waals surface area contributed by atoms with Crippen LogP contribution in [0.2, 0.25) is 0 Å². The summed E-state index contributed by atoms with van der Waals surface area (Å²) in [7, 11) is 1.66. The zero-order valence-electron chi connectivity index (χ0n) is 10.7. The maximum absolute atomic E-state index is 10.4. The smallest absolute Gasteiger partial charge is 0.118 e. The molecule has 1 unspecified atom stereocenters. The van der Waals surface area contributed by atoms with Crippen molar-refractivity contribution in [3.05, 3.63) is 52.2 Å². The second kappa shape index (κ2) is 5.55. The number of ether oxygens (including phenoxy) is 1. The molecule has 1 aromatic heterocycles. The van der Waals surface area contributed by atoms with Crippen LogP contribution < -0.4 is 4.74 Å². The molecule has 0 amide bonds. The zero-order chi connectivity index (χ0) is 13.0. The number of rotatable bonds is 5. The highest BCUT2D eigenvalue weighted by Crippen LogP contribution is 2.29. The number of aliphatic hydroxyl groups is 1. The first kappa shape index (κ1) is 13.1. The van der Waals surface area contributed by atoms with Gasteiger partial charge in [-0.2, -0.15) is 0 Å². The highest BCUT2D eigenvalue weighted by molar-refractivity contribution is 7.10. The Bertz CT molecular complexity index is 472. The zero-order valence-corrected chi connectivity index (χ0v) is 11.5. The van der Waals surface area contributed by atoms with Crippen LogP contribution >= 0.6 is 11.3 Å². The molecule has 0 fully saturated rings. The standard InChI is InChI=1S/C15H18O2S/c1-15(16,14-4-3-11-18-14)10-9-12-5-7-13(17-2)8-6-12/h3-8,11,16H,9-10H2,1-2H3. The van der Waals surface area contributed by atoms with E-state index in [0.717, 1.165) is 23.5 Å².